The molecule has 29 heavy (non-hydrogen) atoms. The fraction of sp³-hybridized carbons (Fsp3) is 0.238. The van der Waals surface area contributed by atoms with Crippen LogP contribution in [0.5, 0.6) is 0 Å². The number of rotatable bonds is 7. The summed E-state index contributed by atoms with van der Waals surface area (Å²) in [6, 6.07) is 13.1. The number of hydrogen-bond donors (Lipinski definition) is 1. The zero-order valence-electron chi connectivity index (χ0n) is 16.7. The molecule has 0 aliphatic rings. The van der Waals surface area contributed by atoms with Crippen molar-refractivity contribution in [3.05, 3.63) is 77.9 Å². The molecule has 7 nitrogen and oxygen atoms in total. The number of sulfonamides is 1. The highest BCUT2D eigenvalue weighted by molar-refractivity contribution is 7.92. The first-order valence-electron chi connectivity index (χ1n) is 9.13. The minimum Gasteiger partial charge on any atom is -0.350 e. The molecule has 0 bridgehead atoms. The Labute approximate surface area is 171 Å². The average molecular weight is 413 g/mol. The van der Waals surface area contributed by atoms with E-state index in [0.717, 1.165) is 32.9 Å². The van der Waals surface area contributed by atoms with Crippen LogP contribution in [0.2, 0.25) is 0 Å². The second-order valence-electron chi connectivity index (χ2n) is 6.99. The van der Waals surface area contributed by atoms with Gasteiger partial charge in [0.25, 0.3) is 0 Å². The third-order valence-electron chi connectivity index (χ3n) is 4.43. The molecular formula is C21H24N4O3S. The molecule has 1 N–H and O–H groups in total. The molecule has 2 aromatic carbocycles. The van der Waals surface area contributed by atoms with Crippen molar-refractivity contribution in [3.63, 3.8) is 0 Å². The monoisotopic (exact) mass is 412 g/mol. The Morgan fingerprint density at radius 2 is 1.83 bits per heavy atom. The van der Waals surface area contributed by atoms with Crippen LogP contribution in [0.15, 0.2) is 61.2 Å². The topological polar surface area (TPSA) is 84.3 Å². The van der Waals surface area contributed by atoms with Crippen molar-refractivity contribution in [1.82, 2.24) is 14.9 Å². The van der Waals surface area contributed by atoms with Crippen molar-refractivity contribution in [1.29, 1.82) is 0 Å². The van der Waals surface area contributed by atoms with E-state index in [4.69, 9.17) is 0 Å². The van der Waals surface area contributed by atoms with Crippen LogP contribution in [0.25, 0.3) is 5.69 Å². The maximum absolute atomic E-state index is 12.6. The number of aromatic nitrogens is 2. The van der Waals surface area contributed by atoms with Gasteiger partial charge in [0.2, 0.25) is 15.9 Å². The highest BCUT2D eigenvalue weighted by Gasteiger charge is 2.21. The summed E-state index contributed by atoms with van der Waals surface area (Å²) in [5.74, 6) is -0.380. The van der Waals surface area contributed by atoms with Gasteiger partial charge in [-0.2, -0.15) is 0 Å². The number of amides is 1. The molecule has 0 spiro atoms. The number of aryl methyl sites for hydroxylation is 2. The molecule has 8 heteroatoms. The fourth-order valence-electron chi connectivity index (χ4n) is 3.19. The molecule has 0 radical (unpaired) electrons. The first-order chi connectivity index (χ1) is 13.7. The van der Waals surface area contributed by atoms with Gasteiger partial charge in [-0.1, -0.05) is 24.3 Å². The predicted octanol–water partition coefficient (Wildman–Crippen LogP) is 2.57. The summed E-state index contributed by atoms with van der Waals surface area (Å²) in [7, 11) is -3.61. The molecule has 0 atom stereocenters. The molecule has 1 aromatic heterocycles. The Kier molecular flexibility index (Phi) is 6.03. The van der Waals surface area contributed by atoms with Crippen LogP contribution in [0.4, 0.5) is 5.69 Å². The lowest BCUT2D eigenvalue weighted by molar-refractivity contribution is -0.119. The molecule has 0 saturated carbocycles. The van der Waals surface area contributed by atoms with Gasteiger partial charge >= 0.3 is 0 Å². The van der Waals surface area contributed by atoms with Crippen LogP contribution in [0.1, 0.15) is 16.7 Å². The van der Waals surface area contributed by atoms with Gasteiger partial charge in [0.1, 0.15) is 6.54 Å². The fourth-order valence-corrected chi connectivity index (χ4v) is 4.03. The minimum absolute atomic E-state index is 0.275. The molecule has 3 rings (SSSR count). The Balaban J connectivity index is 1.75. The summed E-state index contributed by atoms with van der Waals surface area (Å²) in [6.07, 6.45) is 6.30. The number of carbonyl (C=O) groups is 1. The molecule has 152 valence electrons. The number of para-hydroxylation sites is 1. The standard InChI is InChI=1S/C21H24N4O3S/c1-16-10-17(2)12-19(11-16)25(29(3,27)28)14-21(26)23-13-18-6-4-5-7-20(18)24-9-8-22-15-24/h4-12,15H,13-14H2,1-3H3,(H,23,26). The Hall–Kier alpha value is -3.13. The van der Waals surface area contributed by atoms with Gasteiger partial charge in [0.05, 0.1) is 24.0 Å². The van der Waals surface area contributed by atoms with E-state index in [2.05, 4.69) is 10.3 Å². The SMILES string of the molecule is Cc1cc(C)cc(N(CC(=O)NCc2ccccc2-n2ccnc2)S(C)(=O)=O)c1. The summed E-state index contributed by atoms with van der Waals surface area (Å²) < 4.78 is 27.6. The zero-order valence-corrected chi connectivity index (χ0v) is 17.5. The molecule has 0 aliphatic carbocycles. The summed E-state index contributed by atoms with van der Waals surface area (Å²) in [4.78, 5) is 16.6. The number of imidazole rings is 1. The third-order valence-corrected chi connectivity index (χ3v) is 5.57. The van der Waals surface area contributed by atoms with Crippen molar-refractivity contribution in [2.75, 3.05) is 17.1 Å². The zero-order chi connectivity index (χ0) is 21.0. The highest BCUT2D eigenvalue weighted by Crippen LogP contribution is 2.21. The van der Waals surface area contributed by atoms with E-state index in [0.29, 0.717) is 5.69 Å². The molecule has 3 aromatic rings. The second kappa shape index (κ2) is 8.48. The van der Waals surface area contributed by atoms with Crippen LogP contribution in [-0.4, -0.2) is 36.7 Å². The lowest BCUT2D eigenvalue weighted by atomic mass is 10.1. The molecule has 0 saturated heterocycles. The van der Waals surface area contributed by atoms with Gasteiger partial charge in [-0.05, 0) is 48.7 Å². The summed E-state index contributed by atoms with van der Waals surface area (Å²) in [5.41, 5.74) is 4.15. The molecule has 0 unspecified atom stereocenters. The first kappa shape index (κ1) is 20.6. The lowest BCUT2D eigenvalue weighted by Crippen LogP contribution is -2.40. The number of nitrogens with one attached hydrogen (secondary N) is 1. The van der Waals surface area contributed by atoms with E-state index < -0.39 is 10.0 Å². The number of hydrogen-bond acceptors (Lipinski definition) is 4. The first-order valence-corrected chi connectivity index (χ1v) is 11.0. The third kappa shape index (κ3) is 5.23. The summed E-state index contributed by atoms with van der Waals surface area (Å²) in [5, 5.41) is 2.82. The van der Waals surface area contributed by atoms with E-state index in [-0.39, 0.29) is 19.0 Å². The van der Waals surface area contributed by atoms with Crippen LogP contribution in [0, 0.1) is 13.8 Å². The van der Waals surface area contributed by atoms with Crippen LogP contribution < -0.4 is 9.62 Å². The number of nitrogens with zero attached hydrogens (tertiary/aromatic N) is 3. The van der Waals surface area contributed by atoms with Gasteiger partial charge in [-0.25, -0.2) is 13.4 Å². The van der Waals surface area contributed by atoms with E-state index in [1.54, 1.807) is 24.7 Å². The van der Waals surface area contributed by atoms with Gasteiger partial charge in [0, 0.05) is 18.9 Å². The molecular weight excluding hydrogens is 388 g/mol. The smallest absolute Gasteiger partial charge is 0.241 e. The van der Waals surface area contributed by atoms with Gasteiger partial charge in [-0.3, -0.25) is 9.10 Å². The summed E-state index contributed by atoms with van der Waals surface area (Å²) in [6.45, 7) is 3.78. The van der Waals surface area contributed by atoms with Crippen molar-refractivity contribution in [3.8, 4) is 5.69 Å². The van der Waals surface area contributed by atoms with Crippen molar-refractivity contribution in [2.24, 2.45) is 0 Å². The van der Waals surface area contributed by atoms with Gasteiger partial charge in [-0.15, -0.1) is 0 Å². The van der Waals surface area contributed by atoms with Crippen molar-refractivity contribution in [2.45, 2.75) is 20.4 Å². The van der Waals surface area contributed by atoms with Crippen molar-refractivity contribution < 1.29 is 13.2 Å². The molecule has 0 fully saturated rings. The average Bonchev–Trinajstić information content (AvgIpc) is 3.17. The normalized spacial score (nSPS) is 11.3. The Morgan fingerprint density at radius 3 is 2.45 bits per heavy atom. The van der Waals surface area contributed by atoms with E-state index in [1.165, 1.54) is 0 Å². The van der Waals surface area contributed by atoms with Gasteiger partial charge in [0.15, 0.2) is 0 Å². The van der Waals surface area contributed by atoms with E-state index in [1.807, 2.05) is 54.9 Å². The summed E-state index contributed by atoms with van der Waals surface area (Å²) >= 11 is 0. The molecule has 1 heterocycles. The van der Waals surface area contributed by atoms with Crippen LogP contribution >= 0.6 is 0 Å². The largest absolute Gasteiger partial charge is 0.350 e. The quantitative estimate of drug-likeness (QED) is 0.646. The second-order valence-corrected chi connectivity index (χ2v) is 8.90. The van der Waals surface area contributed by atoms with Gasteiger partial charge < -0.3 is 9.88 Å². The number of benzene rings is 2. The Morgan fingerprint density at radius 1 is 1.14 bits per heavy atom. The predicted molar refractivity (Wildman–Crippen MR) is 114 cm³/mol. The maximum atomic E-state index is 12.6. The Bertz CT molecular complexity index is 1090. The lowest BCUT2D eigenvalue weighted by Gasteiger charge is -2.23. The minimum atomic E-state index is -3.61. The number of carbonyl (C=O) groups excluding carboxylic acids is 1. The van der Waals surface area contributed by atoms with E-state index in [9.17, 15) is 13.2 Å². The molecule has 1 amide bonds. The number of anilines is 1. The van der Waals surface area contributed by atoms with E-state index >= 15 is 0 Å². The van der Waals surface area contributed by atoms with Crippen LogP contribution in [-0.2, 0) is 21.4 Å². The highest BCUT2D eigenvalue weighted by atomic mass is 32.2. The molecule has 0 aliphatic heterocycles. The van der Waals surface area contributed by atoms with Crippen molar-refractivity contribution >= 4 is 21.6 Å². The van der Waals surface area contributed by atoms with Crippen LogP contribution in [0.3, 0.4) is 0 Å². The maximum Gasteiger partial charge on any atom is 0.241 e.